The summed E-state index contributed by atoms with van der Waals surface area (Å²) in [7, 11) is 0. The zero-order chi connectivity index (χ0) is 32.6. The van der Waals surface area contributed by atoms with Crippen molar-refractivity contribution in [3.05, 3.63) is 52.6 Å². The molecule has 1 aromatic heterocycles. The van der Waals surface area contributed by atoms with Crippen LogP contribution >= 0.6 is 12.2 Å². The van der Waals surface area contributed by atoms with Gasteiger partial charge in [0.25, 0.3) is 0 Å². The second-order valence-corrected chi connectivity index (χ2v) is 10.1. The van der Waals surface area contributed by atoms with Crippen LogP contribution in [0.25, 0.3) is 0 Å². The van der Waals surface area contributed by atoms with Crippen LogP contribution in [-0.4, -0.2) is 77.7 Å². The van der Waals surface area contributed by atoms with Gasteiger partial charge >= 0.3 is 0 Å². The van der Waals surface area contributed by atoms with E-state index in [1.165, 1.54) is 12.5 Å². The number of H-pyrrole nitrogens is 2. The standard InChI is InChI=1S/C17H34N8O4.C7H8.C4H6N2S/c1-11(26)9-23-16(29)13(6-2-3-7-18)25-14(27)10-24-15(28)12(19)5-4-8-22-17(20)21;1-7-5-3-2-4-6-7;1-3-2-5-4(7)6-3/h12-13H,2-10,18-19H2,1H3,(H,23,29)(H,24,28)(H,25,27)(H4,20,21,22);2-6H,1H3;2H,1H3,(H2,5,6,7). The van der Waals surface area contributed by atoms with Crippen molar-refractivity contribution in [1.29, 1.82) is 0 Å². The number of aromatic nitrogens is 2. The van der Waals surface area contributed by atoms with Gasteiger partial charge < -0.3 is 48.9 Å². The molecule has 2 rings (SSSR count). The van der Waals surface area contributed by atoms with E-state index in [0.717, 1.165) is 5.69 Å². The lowest BCUT2D eigenvalue weighted by atomic mass is 10.1. The molecule has 0 saturated carbocycles. The minimum absolute atomic E-state index is 0.0342. The predicted octanol–water partition coefficient (Wildman–Crippen LogP) is 0.178. The molecule has 240 valence electrons. The van der Waals surface area contributed by atoms with Crippen molar-refractivity contribution in [3.63, 3.8) is 0 Å². The van der Waals surface area contributed by atoms with Crippen molar-refractivity contribution >= 4 is 41.7 Å². The average Bonchev–Trinajstić information content (AvgIpc) is 3.35. The van der Waals surface area contributed by atoms with E-state index in [4.69, 9.17) is 35.2 Å². The Morgan fingerprint density at radius 2 is 1.60 bits per heavy atom. The maximum Gasteiger partial charge on any atom is 0.242 e. The first-order valence-corrected chi connectivity index (χ1v) is 14.4. The van der Waals surface area contributed by atoms with Crippen LogP contribution in [0.15, 0.2) is 41.5 Å². The number of aromatic amines is 2. The van der Waals surface area contributed by atoms with Gasteiger partial charge in [-0.1, -0.05) is 35.9 Å². The highest BCUT2D eigenvalue weighted by atomic mass is 32.1. The normalized spacial score (nSPS) is 11.3. The number of Topliss-reactive ketones (excluding diaryl/α,β-unsaturated/α-hetero) is 1. The number of rotatable bonds is 15. The smallest absolute Gasteiger partial charge is 0.242 e. The van der Waals surface area contributed by atoms with Gasteiger partial charge in [-0.05, 0) is 71.6 Å². The predicted molar refractivity (Wildman–Crippen MR) is 171 cm³/mol. The van der Waals surface area contributed by atoms with E-state index in [0.29, 0.717) is 50.0 Å². The molecule has 1 heterocycles. The molecule has 0 bridgehead atoms. The van der Waals surface area contributed by atoms with Gasteiger partial charge in [-0.25, -0.2) is 0 Å². The number of amides is 3. The van der Waals surface area contributed by atoms with Gasteiger partial charge in [0.05, 0.1) is 19.1 Å². The highest BCUT2D eigenvalue weighted by Crippen LogP contribution is 2.01. The number of imidazole rings is 1. The fraction of sp³-hybridized carbons (Fsp3) is 0.500. The Bertz CT molecular complexity index is 1180. The number of benzene rings is 1. The van der Waals surface area contributed by atoms with Crippen LogP contribution in [0.4, 0.5) is 0 Å². The van der Waals surface area contributed by atoms with Crippen LogP contribution in [0.5, 0.6) is 0 Å². The molecule has 2 unspecified atom stereocenters. The van der Waals surface area contributed by atoms with Gasteiger partial charge in [0, 0.05) is 18.4 Å². The lowest BCUT2D eigenvalue weighted by Crippen LogP contribution is -2.51. The Morgan fingerprint density at radius 1 is 0.953 bits per heavy atom. The number of ketones is 1. The summed E-state index contributed by atoms with van der Waals surface area (Å²) >= 11 is 4.72. The number of aliphatic imine (C=N–C) groups is 1. The zero-order valence-electron chi connectivity index (χ0n) is 25.3. The number of aryl methyl sites for hydroxylation is 2. The molecular formula is C28H48N10O4S. The number of unbranched alkanes of at least 4 members (excludes halogenated alkanes) is 1. The van der Waals surface area contributed by atoms with Gasteiger partial charge in [0.15, 0.2) is 10.7 Å². The number of carbonyl (C=O) groups is 4. The second-order valence-electron chi connectivity index (χ2n) is 9.68. The van der Waals surface area contributed by atoms with Crippen LogP contribution in [0.3, 0.4) is 0 Å². The summed E-state index contributed by atoms with van der Waals surface area (Å²) in [6.45, 7) is 5.75. The van der Waals surface area contributed by atoms with Crippen LogP contribution in [0.2, 0.25) is 0 Å². The topological polar surface area (TPSA) is 252 Å². The average molecular weight is 621 g/mol. The van der Waals surface area contributed by atoms with Crippen LogP contribution in [-0.2, 0) is 19.2 Å². The summed E-state index contributed by atoms with van der Waals surface area (Å²) in [5, 5.41) is 7.44. The fourth-order valence-electron chi connectivity index (χ4n) is 3.25. The van der Waals surface area contributed by atoms with Gasteiger partial charge in [0.1, 0.15) is 11.8 Å². The number of hydrogen-bond donors (Lipinski definition) is 9. The lowest BCUT2D eigenvalue weighted by molar-refractivity contribution is -0.130. The van der Waals surface area contributed by atoms with Crippen molar-refractivity contribution < 1.29 is 19.2 Å². The fourth-order valence-corrected chi connectivity index (χ4v) is 3.47. The van der Waals surface area contributed by atoms with Crippen molar-refractivity contribution in [1.82, 2.24) is 25.9 Å². The quantitative estimate of drug-likeness (QED) is 0.0569. The molecule has 0 saturated heterocycles. The first-order chi connectivity index (χ1) is 20.3. The molecule has 14 nitrogen and oxygen atoms in total. The Morgan fingerprint density at radius 3 is 2.07 bits per heavy atom. The van der Waals surface area contributed by atoms with E-state index in [1.54, 1.807) is 0 Å². The summed E-state index contributed by atoms with van der Waals surface area (Å²) in [6, 6.07) is 8.63. The summed E-state index contributed by atoms with van der Waals surface area (Å²) in [6.07, 6.45) is 4.38. The van der Waals surface area contributed by atoms with Crippen molar-refractivity contribution in [2.45, 2.75) is 65.0 Å². The Balaban J connectivity index is 0.00000100. The largest absolute Gasteiger partial charge is 0.370 e. The molecule has 1 aromatic carbocycles. The third-order valence-corrected chi connectivity index (χ3v) is 5.73. The van der Waals surface area contributed by atoms with E-state index in [1.807, 2.05) is 31.3 Å². The SMILES string of the molecule is CC(=O)CNC(=O)C(CCCCN)NC(=O)CNC(=O)C(N)CCCN=C(N)N.Cc1c[nH]c(=S)[nH]1.Cc1ccccc1. The molecule has 2 atom stereocenters. The third-order valence-electron chi connectivity index (χ3n) is 5.51. The molecule has 0 fully saturated rings. The number of nitrogens with zero attached hydrogens (tertiary/aromatic N) is 1. The van der Waals surface area contributed by atoms with Gasteiger partial charge in [-0.2, -0.15) is 0 Å². The second kappa shape index (κ2) is 23.5. The molecule has 0 spiro atoms. The molecule has 0 aliphatic rings. The van der Waals surface area contributed by atoms with E-state index in [2.05, 4.69) is 50.0 Å². The van der Waals surface area contributed by atoms with Crippen LogP contribution in [0, 0.1) is 18.6 Å². The van der Waals surface area contributed by atoms with E-state index in [-0.39, 0.29) is 24.8 Å². The molecule has 0 aliphatic heterocycles. The summed E-state index contributed by atoms with van der Waals surface area (Å²) in [4.78, 5) is 56.8. The van der Waals surface area contributed by atoms with E-state index >= 15 is 0 Å². The maximum atomic E-state index is 12.2. The monoisotopic (exact) mass is 620 g/mol. The molecule has 3 amide bonds. The van der Waals surface area contributed by atoms with Crippen molar-refractivity contribution in [2.24, 2.45) is 27.9 Å². The summed E-state index contributed by atoms with van der Waals surface area (Å²) in [5.74, 6) is -1.74. The van der Waals surface area contributed by atoms with Crippen molar-refractivity contribution in [2.75, 3.05) is 26.2 Å². The number of nitrogens with one attached hydrogen (secondary N) is 5. The Labute approximate surface area is 258 Å². The number of nitrogens with two attached hydrogens (primary N) is 4. The number of guanidine groups is 1. The molecule has 0 radical (unpaired) electrons. The number of carbonyl (C=O) groups excluding carboxylic acids is 4. The molecule has 43 heavy (non-hydrogen) atoms. The summed E-state index contributed by atoms with van der Waals surface area (Å²) < 4.78 is 0.692. The molecule has 2 aromatic rings. The Kier molecular flexibility index (Phi) is 21.3. The highest BCUT2D eigenvalue weighted by Gasteiger charge is 2.21. The molecular weight excluding hydrogens is 572 g/mol. The maximum absolute atomic E-state index is 12.2. The van der Waals surface area contributed by atoms with Crippen LogP contribution < -0.4 is 38.9 Å². The zero-order valence-corrected chi connectivity index (χ0v) is 26.1. The molecule has 13 N–H and O–H groups in total. The highest BCUT2D eigenvalue weighted by molar-refractivity contribution is 7.71. The molecule has 0 aliphatic carbocycles. The Hall–Kier alpha value is -4.08. The van der Waals surface area contributed by atoms with Gasteiger partial charge in [-0.3, -0.25) is 24.2 Å². The van der Waals surface area contributed by atoms with Crippen molar-refractivity contribution in [3.8, 4) is 0 Å². The number of hydrogen-bond acceptors (Lipinski definition) is 8. The minimum Gasteiger partial charge on any atom is -0.370 e. The first kappa shape index (κ1) is 38.9. The first-order valence-electron chi connectivity index (χ1n) is 14.0. The molecule has 15 heteroatoms. The third kappa shape index (κ3) is 22.2. The lowest BCUT2D eigenvalue weighted by Gasteiger charge is -2.19. The van der Waals surface area contributed by atoms with Gasteiger partial charge in [-0.15, -0.1) is 0 Å². The minimum atomic E-state index is -0.821. The van der Waals surface area contributed by atoms with E-state index < -0.39 is 29.8 Å². The van der Waals surface area contributed by atoms with Crippen LogP contribution in [0.1, 0.15) is 50.3 Å². The van der Waals surface area contributed by atoms with E-state index in [9.17, 15) is 19.2 Å². The van der Waals surface area contributed by atoms with Gasteiger partial charge in [0.2, 0.25) is 17.7 Å². The summed E-state index contributed by atoms with van der Waals surface area (Å²) in [5.41, 5.74) is 24.0.